The second kappa shape index (κ2) is 6.81. The van der Waals surface area contributed by atoms with E-state index in [1.165, 1.54) is 0 Å². The van der Waals surface area contributed by atoms with E-state index in [1.807, 2.05) is 36.4 Å². The Hall–Kier alpha value is -3.25. The lowest BCUT2D eigenvalue weighted by Crippen LogP contribution is -2.37. The van der Waals surface area contributed by atoms with Crippen LogP contribution in [0.5, 0.6) is 0 Å². The van der Waals surface area contributed by atoms with Crippen LogP contribution in [0.2, 0.25) is 0 Å². The number of anilines is 1. The van der Waals surface area contributed by atoms with E-state index < -0.39 is 0 Å². The van der Waals surface area contributed by atoms with Gasteiger partial charge in [-0.15, -0.1) is 0 Å². The van der Waals surface area contributed by atoms with Crippen molar-refractivity contribution in [1.29, 1.82) is 0 Å². The molecule has 0 N–H and O–H groups in total. The van der Waals surface area contributed by atoms with Gasteiger partial charge in [-0.2, -0.15) is 4.98 Å². The van der Waals surface area contributed by atoms with Crippen molar-refractivity contribution in [3.05, 3.63) is 61.0 Å². The molecule has 1 aromatic carbocycles. The van der Waals surface area contributed by atoms with E-state index in [-0.39, 0.29) is 0 Å². The molecule has 1 saturated heterocycles. The molecule has 1 aliphatic rings. The molecule has 0 bridgehead atoms. The highest BCUT2D eigenvalue weighted by molar-refractivity contribution is 6.01. The lowest BCUT2D eigenvalue weighted by Gasteiger charge is -2.26. The van der Waals surface area contributed by atoms with Crippen molar-refractivity contribution in [2.45, 2.75) is 0 Å². The third kappa shape index (κ3) is 2.94. The zero-order chi connectivity index (χ0) is 18.1. The van der Waals surface area contributed by atoms with E-state index in [4.69, 9.17) is 19.1 Å². The van der Waals surface area contributed by atoms with Gasteiger partial charge in [-0.3, -0.25) is 4.98 Å². The number of morpholine rings is 1. The first-order valence-electron chi connectivity index (χ1n) is 8.99. The maximum Gasteiger partial charge on any atom is 0.232 e. The van der Waals surface area contributed by atoms with Crippen molar-refractivity contribution in [3.63, 3.8) is 0 Å². The van der Waals surface area contributed by atoms with Gasteiger partial charge in [0, 0.05) is 24.8 Å². The second-order valence-electron chi connectivity index (χ2n) is 6.38. The van der Waals surface area contributed by atoms with Crippen molar-refractivity contribution >= 4 is 17.0 Å². The van der Waals surface area contributed by atoms with Gasteiger partial charge in [-0.25, -0.2) is 4.98 Å². The number of ether oxygens (including phenoxy) is 1. The molecule has 4 heterocycles. The number of benzene rings is 1. The average Bonchev–Trinajstić information content (AvgIpc) is 3.19. The molecular formula is C21H18N4O2. The number of aromatic nitrogens is 3. The maximum atomic E-state index is 5.86. The Balaban J connectivity index is 1.74. The van der Waals surface area contributed by atoms with E-state index >= 15 is 0 Å². The Bertz CT molecular complexity index is 1060. The van der Waals surface area contributed by atoms with Crippen molar-refractivity contribution in [2.24, 2.45) is 0 Å². The van der Waals surface area contributed by atoms with E-state index in [9.17, 15) is 0 Å². The number of hydrogen-bond acceptors (Lipinski definition) is 6. The summed E-state index contributed by atoms with van der Waals surface area (Å²) in [6.45, 7) is 2.88. The van der Waals surface area contributed by atoms with Crippen LogP contribution < -0.4 is 4.90 Å². The Morgan fingerprint density at radius 1 is 0.889 bits per heavy atom. The molecule has 5 rings (SSSR count). The first-order valence-corrected chi connectivity index (χ1v) is 8.99. The number of rotatable bonds is 3. The van der Waals surface area contributed by atoms with Crippen LogP contribution in [0.25, 0.3) is 33.6 Å². The van der Waals surface area contributed by atoms with Crippen LogP contribution in [0.15, 0.2) is 65.4 Å². The quantitative estimate of drug-likeness (QED) is 0.555. The fourth-order valence-corrected chi connectivity index (χ4v) is 3.35. The summed E-state index contributed by atoms with van der Waals surface area (Å²) >= 11 is 0. The van der Waals surface area contributed by atoms with Gasteiger partial charge in [0.25, 0.3) is 0 Å². The van der Waals surface area contributed by atoms with Crippen LogP contribution in [0.1, 0.15) is 0 Å². The number of furan rings is 1. The molecule has 0 aliphatic carbocycles. The third-order valence-corrected chi connectivity index (χ3v) is 4.71. The summed E-state index contributed by atoms with van der Waals surface area (Å²) in [5.74, 6) is 0.653. The lowest BCUT2D eigenvalue weighted by atomic mass is 10.0. The summed E-state index contributed by atoms with van der Waals surface area (Å²) in [6.07, 6.45) is 3.53. The van der Waals surface area contributed by atoms with Gasteiger partial charge in [0.05, 0.1) is 24.3 Å². The summed E-state index contributed by atoms with van der Waals surface area (Å²) in [7, 11) is 0. The molecule has 0 unspecified atom stereocenters. The van der Waals surface area contributed by atoms with Crippen LogP contribution in [0, 0.1) is 0 Å². The summed E-state index contributed by atoms with van der Waals surface area (Å²) in [4.78, 5) is 16.2. The van der Waals surface area contributed by atoms with Gasteiger partial charge in [-0.1, -0.05) is 36.4 Å². The summed E-state index contributed by atoms with van der Waals surface area (Å²) in [5, 5.41) is 0.886. The molecule has 134 valence electrons. The average molecular weight is 358 g/mol. The van der Waals surface area contributed by atoms with Gasteiger partial charge in [0.15, 0.2) is 0 Å². The molecule has 3 aromatic heterocycles. The summed E-state index contributed by atoms with van der Waals surface area (Å²) in [6, 6.07) is 16.0. The fraction of sp³-hybridized carbons (Fsp3) is 0.190. The second-order valence-corrected chi connectivity index (χ2v) is 6.38. The topological polar surface area (TPSA) is 64.3 Å². The Morgan fingerprint density at radius 3 is 2.48 bits per heavy atom. The molecule has 1 aliphatic heterocycles. The van der Waals surface area contributed by atoms with Gasteiger partial charge in [0.1, 0.15) is 12.0 Å². The maximum absolute atomic E-state index is 5.86. The SMILES string of the molecule is c1ccc(-c2coc3nc(N4CCOCC4)nc(-c4ccccn4)c23)cc1. The third-order valence-electron chi connectivity index (χ3n) is 4.71. The van der Waals surface area contributed by atoms with Gasteiger partial charge in [0.2, 0.25) is 11.7 Å². The Kier molecular flexibility index (Phi) is 4.03. The first kappa shape index (κ1) is 16.0. The molecule has 0 amide bonds. The Morgan fingerprint density at radius 2 is 1.70 bits per heavy atom. The molecule has 4 aromatic rings. The normalized spacial score (nSPS) is 14.6. The number of hydrogen-bond donors (Lipinski definition) is 0. The highest BCUT2D eigenvalue weighted by Crippen LogP contribution is 2.36. The van der Waals surface area contributed by atoms with E-state index in [0.29, 0.717) is 24.9 Å². The molecule has 27 heavy (non-hydrogen) atoms. The monoisotopic (exact) mass is 358 g/mol. The Labute approximate surface area is 156 Å². The van der Waals surface area contributed by atoms with Gasteiger partial charge < -0.3 is 14.1 Å². The summed E-state index contributed by atoms with van der Waals surface area (Å²) in [5.41, 5.74) is 4.20. The standard InChI is InChI=1S/C21H18N4O2/c1-2-6-15(7-3-1)16-14-27-20-18(16)19(17-8-4-5-9-22-17)23-21(24-20)25-10-12-26-13-11-25/h1-9,14H,10-13H2. The lowest BCUT2D eigenvalue weighted by molar-refractivity contribution is 0.122. The zero-order valence-electron chi connectivity index (χ0n) is 14.7. The largest absolute Gasteiger partial charge is 0.445 e. The highest BCUT2D eigenvalue weighted by atomic mass is 16.5. The minimum Gasteiger partial charge on any atom is -0.445 e. The van der Waals surface area contributed by atoms with E-state index in [2.05, 4.69) is 22.0 Å². The fourth-order valence-electron chi connectivity index (χ4n) is 3.35. The number of fused-ring (bicyclic) bond motifs is 1. The number of pyridine rings is 1. The van der Waals surface area contributed by atoms with Crippen LogP contribution in [-0.2, 0) is 4.74 Å². The molecule has 6 heteroatoms. The van der Waals surface area contributed by atoms with Crippen LogP contribution in [0.3, 0.4) is 0 Å². The van der Waals surface area contributed by atoms with Crippen molar-refractivity contribution < 1.29 is 9.15 Å². The predicted octanol–water partition coefficient (Wildman–Crippen LogP) is 3.79. The smallest absolute Gasteiger partial charge is 0.232 e. The van der Waals surface area contributed by atoms with Crippen LogP contribution >= 0.6 is 0 Å². The molecular weight excluding hydrogens is 340 g/mol. The predicted molar refractivity (Wildman–Crippen MR) is 104 cm³/mol. The van der Waals surface area contributed by atoms with Crippen LogP contribution in [-0.4, -0.2) is 41.3 Å². The molecule has 1 fully saturated rings. The molecule has 0 atom stereocenters. The van der Waals surface area contributed by atoms with E-state index in [1.54, 1.807) is 12.5 Å². The zero-order valence-corrected chi connectivity index (χ0v) is 14.7. The molecule has 0 radical (unpaired) electrons. The van der Waals surface area contributed by atoms with Gasteiger partial charge in [-0.05, 0) is 17.7 Å². The molecule has 6 nitrogen and oxygen atoms in total. The minimum atomic E-state index is 0.575. The molecule has 0 saturated carbocycles. The van der Waals surface area contributed by atoms with Crippen LogP contribution in [0.4, 0.5) is 5.95 Å². The minimum absolute atomic E-state index is 0.575. The van der Waals surface area contributed by atoms with Crippen molar-refractivity contribution in [2.75, 3.05) is 31.2 Å². The first-order chi connectivity index (χ1) is 13.4. The summed E-state index contributed by atoms with van der Waals surface area (Å²) < 4.78 is 11.3. The van der Waals surface area contributed by atoms with E-state index in [0.717, 1.165) is 41.0 Å². The van der Waals surface area contributed by atoms with Gasteiger partial charge >= 0.3 is 0 Å². The van der Waals surface area contributed by atoms with Crippen molar-refractivity contribution in [3.8, 4) is 22.5 Å². The highest BCUT2D eigenvalue weighted by Gasteiger charge is 2.22. The molecule has 0 spiro atoms. The number of nitrogens with zero attached hydrogens (tertiary/aromatic N) is 4. The van der Waals surface area contributed by atoms with Crippen molar-refractivity contribution in [1.82, 2.24) is 15.0 Å².